The lowest BCUT2D eigenvalue weighted by atomic mass is 10.1. The van der Waals surface area contributed by atoms with E-state index in [2.05, 4.69) is 15.7 Å². The fraction of sp³-hybridized carbons (Fsp3) is 0.389. The summed E-state index contributed by atoms with van der Waals surface area (Å²) in [5, 5.41) is 8.38. The molecular formula is C18H21F3N4O3. The highest BCUT2D eigenvalue weighted by atomic mass is 19.4. The van der Waals surface area contributed by atoms with E-state index in [0.29, 0.717) is 26.2 Å². The van der Waals surface area contributed by atoms with Crippen LogP contribution in [0.3, 0.4) is 0 Å². The van der Waals surface area contributed by atoms with Crippen LogP contribution in [0, 0.1) is 0 Å². The number of amides is 2. The first kappa shape index (κ1) is 21.4. The van der Waals surface area contributed by atoms with Gasteiger partial charge in [0.1, 0.15) is 0 Å². The summed E-state index contributed by atoms with van der Waals surface area (Å²) in [7, 11) is 1.29. The minimum Gasteiger partial charge on any atom is -0.382 e. The van der Waals surface area contributed by atoms with E-state index in [4.69, 9.17) is 4.74 Å². The molecule has 0 saturated carbocycles. The first-order valence-corrected chi connectivity index (χ1v) is 8.60. The van der Waals surface area contributed by atoms with Crippen LogP contribution in [0.4, 0.5) is 18.9 Å². The molecule has 0 aliphatic rings. The molecule has 2 amide bonds. The molecule has 2 aromatic rings. The van der Waals surface area contributed by atoms with Crippen LogP contribution in [0.2, 0.25) is 0 Å². The maximum atomic E-state index is 13.0. The average Bonchev–Trinajstić information content (AvgIpc) is 3.04. The van der Waals surface area contributed by atoms with Gasteiger partial charge in [-0.1, -0.05) is 6.07 Å². The molecule has 0 fully saturated rings. The number of halogens is 3. The van der Waals surface area contributed by atoms with E-state index in [0.717, 1.165) is 10.9 Å². The van der Waals surface area contributed by atoms with Gasteiger partial charge in [-0.15, -0.1) is 0 Å². The molecule has 1 heterocycles. The van der Waals surface area contributed by atoms with Gasteiger partial charge in [-0.2, -0.15) is 18.3 Å². The quantitative estimate of drug-likeness (QED) is 0.670. The van der Waals surface area contributed by atoms with Crippen LogP contribution in [0.15, 0.2) is 30.5 Å². The van der Waals surface area contributed by atoms with Gasteiger partial charge in [-0.3, -0.25) is 14.3 Å². The van der Waals surface area contributed by atoms with Gasteiger partial charge in [0.2, 0.25) is 0 Å². The maximum Gasteiger partial charge on any atom is 0.435 e. The zero-order chi connectivity index (χ0) is 20.7. The number of carbonyl (C=O) groups is 2. The van der Waals surface area contributed by atoms with Crippen molar-refractivity contribution in [3.63, 3.8) is 0 Å². The second kappa shape index (κ2) is 9.36. The van der Waals surface area contributed by atoms with Crippen LogP contribution < -0.4 is 10.6 Å². The number of benzene rings is 1. The topological polar surface area (TPSA) is 85.3 Å². The Hall–Kier alpha value is -2.88. The Morgan fingerprint density at radius 1 is 1.25 bits per heavy atom. The summed E-state index contributed by atoms with van der Waals surface area (Å²) in [6.07, 6.45) is -3.11. The Labute approximate surface area is 159 Å². The van der Waals surface area contributed by atoms with Crippen molar-refractivity contribution in [1.82, 2.24) is 15.1 Å². The molecule has 0 spiro atoms. The summed E-state index contributed by atoms with van der Waals surface area (Å²) in [6.45, 7) is 3.42. The number of ether oxygens (including phenoxy) is 1. The molecule has 0 aliphatic heterocycles. The second-order valence-electron chi connectivity index (χ2n) is 5.90. The SMILES string of the molecule is CCOCCCNC(=O)c1cccc(NC(=O)c2cn(C)nc2C(F)(F)F)c1. The number of aryl methyl sites for hydroxylation is 1. The third kappa shape index (κ3) is 5.81. The average molecular weight is 398 g/mol. The minimum atomic E-state index is -4.75. The van der Waals surface area contributed by atoms with E-state index in [1.54, 1.807) is 6.07 Å². The molecule has 0 saturated heterocycles. The Balaban J connectivity index is 2.05. The van der Waals surface area contributed by atoms with Crippen molar-refractivity contribution in [2.75, 3.05) is 25.1 Å². The van der Waals surface area contributed by atoms with Gasteiger partial charge < -0.3 is 15.4 Å². The lowest BCUT2D eigenvalue weighted by molar-refractivity contribution is -0.141. The fourth-order valence-electron chi connectivity index (χ4n) is 2.42. The van der Waals surface area contributed by atoms with Crippen molar-refractivity contribution in [2.45, 2.75) is 19.5 Å². The predicted molar refractivity (Wildman–Crippen MR) is 96.0 cm³/mol. The Bertz CT molecular complexity index is 834. The molecule has 2 rings (SSSR count). The normalized spacial score (nSPS) is 11.3. The number of alkyl halides is 3. The molecule has 0 atom stereocenters. The molecule has 0 unspecified atom stereocenters. The monoisotopic (exact) mass is 398 g/mol. The predicted octanol–water partition coefficient (Wildman–Crippen LogP) is 2.85. The zero-order valence-corrected chi connectivity index (χ0v) is 15.5. The summed E-state index contributed by atoms with van der Waals surface area (Å²) in [5.74, 6) is -1.32. The van der Waals surface area contributed by atoms with Crippen molar-refractivity contribution in [1.29, 1.82) is 0 Å². The van der Waals surface area contributed by atoms with Crippen LogP contribution in [0.25, 0.3) is 0 Å². The standard InChI is InChI=1S/C18H21F3N4O3/c1-3-28-9-5-8-22-16(26)12-6-4-7-13(10-12)23-17(27)14-11-25(2)24-15(14)18(19,20)21/h4,6-7,10-11H,3,5,8-9H2,1-2H3,(H,22,26)(H,23,27). The smallest absolute Gasteiger partial charge is 0.382 e. The number of nitrogens with one attached hydrogen (secondary N) is 2. The van der Waals surface area contributed by atoms with E-state index < -0.39 is 23.3 Å². The molecule has 0 aliphatic carbocycles. The van der Waals surface area contributed by atoms with E-state index in [1.807, 2.05) is 6.92 Å². The number of aromatic nitrogens is 2. The van der Waals surface area contributed by atoms with E-state index in [9.17, 15) is 22.8 Å². The van der Waals surface area contributed by atoms with Gasteiger partial charge in [0.25, 0.3) is 11.8 Å². The third-order valence-corrected chi connectivity index (χ3v) is 3.68. The highest BCUT2D eigenvalue weighted by Crippen LogP contribution is 2.30. The van der Waals surface area contributed by atoms with Gasteiger partial charge in [-0.25, -0.2) is 0 Å². The minimum absolute atomic E-state index is 0.198. The number of hydrogen-bond acceptors (Lipinski definition) is 4. The molecule has 0 bridgehead atoms. The summed E-state index contributed by atoms with van der Waals surface area (Å²) in [4.78, 5) is 24.4. The van der Waals surface area contributed by atoms with E-state index >= 15 is 0 Å². The van der Waals surface area contributed by atoms with Crippen molar-refractivity contribution in [3.8, 4) is 0 Å². The van der Waals surface area contributed by atoms with Gasteiger partial charge in [0, 0.05) is 44.3 Å². The molecule has 1 aromatic carbocycles. The van der Waals surface area contributed by atoms with E-state index in [-0.39, 0.29) is 17.2 Å². The number of hydrogen-bond donors (Lipinski definition) is 2. The number of carbonyl (C=O) groups excluding carboxylic acids is 2. The van der Waals surface area contributed by atoms with Gasteiger partial charge in [-0.05, 0) is 31.5 Å². The van der Waals surface area contributed by atoms with Gasteiger partial charge in [0.15, 0.2) is 5.69 Å². The maximum absolute atomic E-state index is 13.0. The van der Waals surface area contributed by atoms with Crippen LogP contribution in [0.1, 0.15) is 39.8 Å². The third-order valence-electron chi connectivity index (χ3n) is 3.68. The molecule has 1 aromatic heterocycles. The van der Waals surface area contributed by atoms with Crippen LogP contribution in [-0.2, 0) is 18.0 Å². The Morgan fingerprint density at radius 2 is 2.00 bits per heavy atom. The molecular weight excluding hydrogens is 377 g/mol. The molecule has 152 valence electrons. The van der Waals surface area contributed by atoms with Crippen LogP contribution in [0.5, 0.6) is 0 Å². The Morgan fingerprint density at radius 3 is 2.68 bits per heavy atom. The Kier molecular flexibility index (Phi) is 7.16. The summed E-state index contributed by atoms with van der Waals surface area (Å²) < 4.78 is 45.1. The largest absolute Gasteiger partial charge is 0.435 e. The van der Waals surface area contributed by atoms with Crippen molar-refractivity contribution < 1.29 is 27.5 Å². The van der Waals surface area contributed by atoms with Crippen LogP contribution >= 0.6 is 0 Å². The highest BCUT2D eigenvalue weighted by Gasteiger charge is 2.39. The lowest BCUT2D eigenvalue weighted by Gasteiger charge is -2.09. The molecule has 2 N–H and O–H groups in total. The molecule has 28 heavy (non-hydrogen) atoms. The molecule has 7 nitrogen and oxygen atoms in total. The zero-order valence-electron chi connectivity index (χ0n) is 15.5. The first-order valence-electron chi connectivity index (χ1n) is 8.60. The van der Waals surface area contributed by atoms with Crippen LogP contribution in [-0.4, -0.2) is 41.4 Å². The highest BCUT2D eigenvalue weighted by molar-refractivity contribution is 6.05. The van der Waals surface area contributed by atoms with Crippen molar-refractivity contribution >= 4 is 17.5 Å². The summed E-state index contributed by atoms with van der Waals surface area (Å²) in [6, 6.07) is 5.93. The summed E-state index contributed by atoms with van der Waals surface area (Å²) >= 11 is 0. The number of nitrogens with zero attached hydrogens (tertiary/aromatic N) is 2. The van der Waals surface area contributed by atoms with Crippen molar-refractivity contribution in [3.05, 3.63) is 47.3 Å². The van der Waals surface area contributed by atoms with Gasteiger partial charge >= 0.3 is 6.18 Å². The lowest BCUT2D eigenvalue weighted by Crippen LogP contribution is -2.25. The van der Waals surface area contributed by atoms with Crippen molar-refractivity contribution in [2.24, 2.45) is 7.05 Å². The second-order valence-corrected chi connectivity index (χ2v) is 5.90. The number of rotatable bonds is 8. The number of anilines is 1. The molecule has 0 radical (unpaired) electrons. The fourth-order valence-corrected chi connectivity index (χ4v) is 2.42. The first-order chi connectivity index (χ1) is 13.2. The van der Waals surface area contributed by atoms with E-state index in [1.165, 1.54) is 25.2 Å². The van der Waals surface area contributed by atoms with Gasteiger partial charge in [0.05, 0.1) is 5.56 Å². The summed E-state index contributed by atoms with van der Waals surface area (Å²) in [5.41, 5.74) is -1.39. The molecule has 10 heteroatoms.